The van der Waals surface area contributed by atoms with Crippen LogP contribution in [0, 0.1) is 0 Å². The predicted molar refractivity (Wildman–Crippen MR) is 85.4 cm³/mol. The molecule has 21 heavy (non-hydrogen) atoms. The largest absolute Gasteiger partial charge is 0.493 e. The molecule has 0 aliphatic heterocycles. The van der Waals surface area contributed by atoms with E-state index in [2.05, 4.69) is 6.92 Å². The van der Waals surface area contributed by atoms with Gasteiger partial charge < -0.3 is 25.7 Å². The first kappa shape index (κ1) is 17.6. The Bertz CT molecular complexity index is 413. The maximum Gasteiger partial charge on any atom is 0.203 e. The van der Waals surface area contributed by atoms with Gasteiger partial charge in [-0.3, -0.25) is 0 Å². The van der Waals surface area contributed by atoms with Crippen molar-refractivity contribution in [3.8, 4) is 17.2 Å². The van der Waals surface area contributed by atoms with Crippen LogP contribution in [0.15, 0.2) is 12.1 Å². The van der Waals surface area contributed by atoms with E-state index >= 15 is 0 Å². The van der Waals surface area contributed by atoms with Crippen molar-refractivity contribution < 1.29 is 14.2 Å². The van der Waals surface area contributed by atoms with Gasteiger partial charge in [-0.15, -0.1) is 0 Å². The highest BCUT2D eigenvalue weighted by Gasteiger charge is 2.22. The fourth-order valence-corrected chi connectivity index (χ4v) is 2.51. The Hall–Kier alpha value is -1.46. The van der Waals surface area contributed by atoms with E-state index in [9.17, 15) is 0 Å². The van der Waals surface area contributed by atoms with Gasteiger partial charge in [0, 0.05) is 18.5 Å². The lowest BCUT2D eigenvalue weighted by molar-refractivity contribution is 0.323. The van der Waals surface area contributed by atoms with Crippen LogP contribution in [0.25, 0.3) is 0 Å². The molecule has 2 unspecified atom stereocenters. The molecule has 0 amide bonds. The van der Waals surface area contributed by atoms with Gasteiger partial charge in [0.05, 0.1) is 21.3 Å². The Labute approximate surface area is 127 Å². The van der Waals surface area contributed by atoms with Gasteiger partial charge in [0.2, 0.25) is 5.75 Å². The molecule has 1 aromatic rings. The second kappa shape index (κ2) is 8.74. The quantitative estimate of drug-likeness (QED) is 0.730. The van der Waals surface area contributed by atoms with Crippen LogP contribution in [0.4, 0.5) is 0 Å². The standard InChI is InChI=1S/C16H28N2O3/c1-5-6-7-13(18)12(10-17)11-8-14(19-2)16(21-4)15(9-11)20-3/h8-9,12-13H,5-7,10,17-18H2,1-4H3. The van der Waals surface area contributed by atoms with Gasteiger partial charge in [0.1, 0.15) is 0 Å². The first-order valence-corrected chi connectivity index (χ1v) is 7.38. The maximum atomic E-state index is 6.31. The van der Waals surface area contributed by atoms with E-state index < -0.39 is 0 Å². The Balaban J connectivity index is 3.14. The number of ether oxygens (including phenoxy) is 3. The van der Waals surface area contributed by atoms with Crippen molar-refractivity contribution >= 4 is 0 Å². The van der Waals surface area contributed by atoms with Crippen molar-refractivity contribution in [1.82, 2.24) is 0 Å². The lowest BCUT2D eigenvalue weighted by atomic mass is 9.88. The zero-order chi connectivity index (χ0) is 15.8. The molecule has 0 fully saturated rings. The Morgan fingerprint density at radius 2 is 1.62 bits per heavy atom. The first-order chi connectivity index (χ1) is 10.1. The highest BCUT2D eigenvalue weighted by molar-refractivity contribution is 5.54. The van der Waals surface area contributed by atoms with Gasteiger partial charge >= 0.3 is 0 Å². The van der Waals surface area contributed by atoms with Crippen LogP contribution in [-0.4, -0.2) is 33.9 Å². The fraction of sp³-hybridized carbons (Fsp3) is 0.625. The molecular formula is C16H28N2O3. The van der Waals surface area contributed by atoms with Gasteiger partial charge in [-0.2, -0.15) is 0 Å². The minimum Gasteiger partial charge on any atom is -0.493 e. The molecule has 0 aliphatic carbocycles. The summed E-state index contributed by atoms with van der Waals surface area (Å²) in [6.07, 6.45) is 3.18. The van der Waals surface area contributed by atoms with Crippen LogP contribution in [0.5, 0.6) is 17.2 Å². The third-order valence-electron chi connectivity index (χ3n) is 3.78. The summed E-state index contributed by atoms with van der Waals surface area (Å²) >= 11 is 0. The van der Waals surface area contributed by atoms with E-state index in [1.165, 1.54) is 0 Å². The Morgan fingerprint density at radius 3 is 2.00 bits per heavy atom. The van der Waals surface area contributed by atoms with Gasteiger partial charge in [-0.05, 0) is 24.1 Å². The molecule has 5 heteroatoms. The second-order valence-corrected chi connectivity index (χ2v) is 5.11. The molecule has 0 spiro atoms. The number of benzene rings is 1. The van der Waals surface area contributed by atoms with Gasteiger partial charge in [0.15, 0.2) is 11.5 Å². The average Bonchev–Trinajstić information content (AvgIpc) is 2.52. The maximum absolute atomic E-state index is 6.31. The molecule has 4 N–H and O–H groups in total. The zero-order valence-corrected chi connectivity index (χ0v) is 13.5. The summed E-state index contributed by atoms with van der Waals surface area (Å²) in [5.41, 5.74) is 13.3. The molecule has 0 saturated carbocycles. The molecule has 0 aliphatic rings. The molecular weight excluding hydrogens is 268 g/mol. The van der Waals surface area contributed by atoms with Crippen LogP contribution < -0.4 is 25.7 Å². The normalized spacial score (nSPS) is 13.6. The van der Waals surface area contributed by atoms with Crippen molar-refractivity contribution in [2.24, 2.45) is 11.5 Å². The number of rotatable bonds is 9. The van der Waals surface area contributed by atoms with Crippen molar-refractivity contribution in [3.05, 3.63) is 17.7 Å². The highest BCUT2D eigenvalue weighted by atomic mass is 16.5. The van der Waals surface area contributed by atoms with Crippen molar-refractivity contribution in [3.63, 3.8) is 0 Å². The van der Waals surface area contributed by atoms with E-state index in [0.29, 0.717) is 23.8 Å². The average molecular weight is 296 g/mol. The van der Waals surface area contributed by atoms with E-state index in [1.54, 1.807) is 21.3 Å². The molecule has 1 rings (SSSR count). The summed E-state index contributed by atoms with van der Waals surface area (Å²) in [5, 5.41) is 0. The number of unbranched alkanes of at least 4 members (excludes halogenated alkanes) is 1. The van der Waals surface area contributed by atoms with E-state index in [-0.39, 0.29) is 12.0 Å². The lowest BCUT2D eigenvalue weighted by Crippen LogP contribution is -2.33. The molecule has 5 nitrogen and oxygen atoms in total. The number of methoxy groups -OCH3 is 3. The van der Waals surface area contributed by atoms with Gasteiger partial charge in [0.25, 0.3) is 0 Å². The van der Waals surface area contributed by atoms with Gasteiger partial charge in [-0.25, -0.2) is 0 Å². The Kier molecular flexibility index (Phi) is 7.32. The van der Waals surface area contributed by atoms with E-state index in [4.69, 9.17) is 25.7 Å². The molecule has 0 aromatic heterocycles. The van der Waals surface area contributed by atoms with Crippen molar-refractivity contribution in [2.45, 2.75) is 38.1 Å². The van der Waals surface area contributed by atoms with E-state index in [0.717, 1.165) is 24.8 Å². The third kappa shape index (κ3) is 4.25. The number of hydrogen-bond donors (Lipinski definition) is 2. The fourth-order valence-electron chi connectivity index (χ4n) is 2.51. The number of nitrogens with two attached hydrogens (primary N) is 2. The minimum atomic E-state index is 0.0257. The molecule has 2 atom stereocenters. The summed E-state index contributed by atoms with van der Waals surface area (Å²) in [6, 6.07) is 3.90. The lowest BCUT2D eigenvalue weighted by Gasteiger charge is -2.24. The van der Waals surface area contributed by atoms with Crippen LogP contribution in [0.1, 0.15) is 37.7 Å². The summed E-state index contributed by atoms with van der Waals surface area (Å²) in [6.45, 7) is 2.65. The molecule has 0 bridgehead atoms. The summed E-state index contributed by atoms with van der Waals surface area (Å²) in [7, 11) is 4.80. The Morgan fingerprint density at radius 1 is 1.05 bits per heavy atom. The van der Waals surface area contributed by atoms with Gasteiger partial charge in [-0.1, -0.05) is 19.8 Å². The van der Waals surface area contributed by atoms with Crippen LogP contribution in [0.2, 0.25) is 0 Å². The third-order valence-corrected chi connectivity index (χ3v) is 3.78. The minimum absolute atomic E-state index is 0.0257. The molecule has 120 valence electrons. The first-order valence-electron chi connectivity index (χ1n) is 7.38. The predicted octanol–water partition coefficient (Wildman–Crippen LogP) is 2.27. The van der Waals surface area contributed by atoms with Crippen molar-refractivity contribution in [1.29, 1.82) is 0 Å². The summed E-state index contributed by atoms with van der Waals surface area (Å²) in [4.78, 5) is 0. The molecule has 0 radical (unpaired) electrons. The molecule has 1 aromatic carbocycles. The van der Waals surface area contributed by atoms with E-state index in [1.807, 2.05) is 12.1 Å². The SMILES string of the molecule is CCCCC(N)C(CN)c1cc(OC)c(OC)c(OC)c1. The highest BCUT2D eigenvalue weighted by Crippen LogP contribution is 2.40. The van der Waals surface area contributed by atoms with Crippen LogP contribution in [0.3, 0.4) is 0 Å². The zero-order valence-electron chi connectivity index (χ0n) is 13.5. The summed E-state index contributed by atoms with van der Waals surface area (Å²) < 4.78 is 16.1. The topological polar surface area (TPSA) is 79.7 Å². The number of hydrogen-bond acceptors (Lipinski definition) is 5. The van der Waals surface area contributed by atoms with Crippen LogP contribution >= 0.6 is 0 Å². The molecule has 0 saturated heterocycles. The van der Waals surface area contributed by atoms with Crippen LogP contribution in [-0.2, 0) is 0 Å². The smallest absolute Gasteiger partial charge is 0.203 e. The molecule has 0 heterocycles. The summed E-state index contributed by atoms with van der Waals surface area (Å²) in [5.74, 6) is 1.92. The monoisotopic (exact) mass is 296 g/mol. The second-order valence-electron chi connectivity index (χ2n) is 5.11. The van der Waals surface area contributed by atoms with Crippen molar-refractivity contribution in [2.75, 3.05) is 27.9 Å².